The first-order chi connectivity index (χ1) is 10.2. The van der Waals surface area contributed by atoms with Gasteiger partial charge < -0.3 is 19.1 Å². The number of aromatic carboxylic acids is 1. The summed E-state index contributed by atoms with van der Waals surface area (Å²) in [7, 11) is 1.63. The standard InChI is InChI=1S/C15H20N2O4/c1-3-13-16-12-6-4-5-11(15(18)19)14(12)17(13)7-8-21-10-9-20-2/h4-6H,3,7-10H2,1-2H3,(H,18,19). The van der Waals surface area contributed by atoms with Gasteiger partial charge in [-0.3, -0.25) is 0 Å². The zero-order valence-corrected chi connectivity index (χ0v) is 12.3. The topological polar surface area (TPSA) is 73.6 Å². The molecule has 114 valence electrons. The monoisotopic (exact) mass is 292 g/mol. The molecule has 0 amide bonds. The lowest BCUT2D eigenvalue weighted by atomic mass is 10.2. The van der Waals surface area contributed by atoms with Crippen LogP contribution in [0.3, 0.4) is 0 Å². The fraction of sp³-hybridized carbons (Fsp3) is 0.467. The Morgan fingerprint density at radius 2 is 2.14 bits per heavy atom. The molecule has 1 aromatic carbocycles. The lowest BCUT2D eigenvalue weighted by Gasteiger charge is -2.10. The molecule has 6 heteroatoms. The summed E-state index contributed by atoms with van der Waals surface area (Å²) in [5.74, 6) is -0.0706. The van der Waals surface area contributed by atoms with Crippen molar-refractivity contribution in [3.63, 3.8) is 0 Å². The molecule has 0 bridgehead atoms. The van der Waals surface area contributed by atoms with E-state index in [0.29, 0.717) is 37.4 Å². The third-order valence-electron chi connectivity index (χ3n) is 3.28. The minimum Gasteiger partial charge on any atom is -0.478 e. The van der Waals surface area contributed by atoms with E-state index in [1.165, 1.54) is 0 Å². The van der Waals surface area contributed by atoms with Gasteiger partial charge in [0, 0.05) is 20.1 Å². The molecule has 0 spiro atoms. The third-order valence-corrected chi connectivity index (χ3v) is 3.28. The number of rotatable bonds is 8. The van der Waals surface area contributed by atoms with Gasteiger partial charge in [-0.1, -0.05) is 13.0 Å². The highest BCUT2D eigenvalue weighted by molar-refractivity contribution is 6.01. The smallest absolute Gasteiger partial charge is 0.337 e. The molecule has 2 rings (SSSR count). The van der Waals surface area contributed by atoms with Crippen LogP contribution >= 0.6 is 0 Å². The molecule has 1 aromatic heterocycles. The van der Waals surface area contributed by atoms with E-state index in [1.807, 2.05) is 17.6 Å². The van der Waals surface area contributed by atoms with Crippen LogP contribution in [0, 0.1) is 0 Å². The zero-order chi connectivity index (χ0) is 15.2. The number of imidazole rings is 1. The molecule has 0 aliphatic rings. The molecule has 2 aromatic rings. The summed E-state index contributed by atoms with van der Waals surface area (Å²) in [6, 6.07) is 5.16. The summed E-state index contributed by atoms with van der Waals surface area (Å²) < 4.78 is 12.3. The summed E-state index contributed by atoms with van der Waals surface area (Å²) in [5, 5.41) is 9.34. The number of hydrogen-bond acceptors (Lipinski definition) is 4. The van der Waals surface area contributed by atoms with E-state index in [2.05, 4.69) is 4.98 Å². The summed E-state index contributed by atoms with van der Waals surface area (Å²) in [5.41, 5.74) is 1.65. The average molecular weight is 292 g/mol. The van der Waals surface area contributed by atoms with Gasteiger partial charge in [0.15, 0.2) is 0 Å². The van der Waals surface area contributed by atoms with Crippen LogP contribution in [0.2, 0.25) is 0 Å². The van der Waals surface area contributed by atoms with Crippen molar-refractivity contribution in [2.75, 3.05) is 26.9 Å². The van der Waals surface area contributed by atoms with Gasteiger partial charge in [0.05, 0.1) is 36.4 Å². The highest BCUT2D eigenvalue weighted by atomic mass is 16.5. The molecule has 0 atom stereocenters. The number of carboxylic acids is 1. The van der Waals surface area contributed by atoms with Crippen LogP contribution in [0.15, 0.2) is 18.2 Å². The van der Waals surface area contributed by atoms with E-state index in [4.69, 9.17) is 9.47 Å². The maximum atomic E-state index is 11.4. The third kappa shape index (κ3) is 3.40. The first-order valence-electron chi connectivity index (χ1n) is 6.97. The lowest BCUT2D eigenvalue weighted by Crippen LogP contribution is -2.12. The number of aromatic nitrogens is 2. The molecule has 0 fully saturated rings. The number of carboxylic acid groups (broad SMARTS) is 1. The fourth-order valence-corrected chi connectivity index (χ4v) is 2.32. The molecule has 6 nitrogen and oxygen atoms in total. The number of benzene rings is 1. The van der Waals surface area contributed by atoms with E-state index < -0.39 is 5.97 Å². The molecule has 0 radical (unpaired) electrons. The molecule has 1 N–H and O–H groups in total. The molecule has 0 aliphatic heterocycles. The molecule has 21 heavy (non-hydrogen) atoms. The Labute approximate surface area is 123 Å². The van der Waals surface area contributed by atoms with Gasteiger partial charge in [-0.05, 0) is 12.1 Å². The second-order valence-corrected chi connectivity index (χ2v) is 4.62. The van der Waals surface area contributed by atoms with Crippen LogP contribution in [0.25, 0.3) is 11.0 Å². The van der Waals surface area contributed by atoms with Gasteiger partial charge in [0.25, 0.3) is 0 Å². The minimum atomic E-state index is -0.940. The SMILES string of the molecule is CCc1nc2cccc(C(=O)O)c2n1CCOCCOC. The van der Waals surface area contributed by atoms with Crippen LogP contribution in [-0.2, 0) is 22.4 Å². The predicted molar refractivity (Wildman–Crippen MR) is 78.8 cm³/mol. The number of nitrogens with zero attached hydrogens (tertiary/aromatic N) is 2. The van der Waals surface area contributed by atoms with Crippen molar-refractivity contribution in [3.05, 3.63) is 29.6 Å². The normalized spacial score (nSPS) is 11.1. The number of para-hydroxylation sites is 1. The van der Waals surface area contributed by atoms with Crippen molar-refractivity contribution in [2.24, 2.45) is 0 Å². The van der Waals surface area contributed by atoms with E-state index in [-0.39, 0.29) is 5.56 Å². The molecule has 0 saturated carbocycles. The van der Waals surface area contributed by atoms with E-state index in [1.54, 1.807) is 19.2 Å². The van der Waals surface area contributed by atoms with Crippen LogP contribution in [-0.4, -0.2) is 47.6 Å². The maximum Gasteiger partial charge on any atom is 0.337 e. The average Bonchev–Trinajstić information content (AvgIpc) is 2.84. The molecular weight excluding hydrogens is 272 g/mol. The Hall–Kier alpha value is -1.92. The van der Waals surface area contributed by atoms with Crippen LogP contribution in [0.4, 0.5) is 0 Å². The Morgan fingerprint density at radius 3 is 2.81 bits per heavy atom. The highest BCUT2D eigenvalue weighted by Gasteiger charge is 2.16. The second kappa shape index (κ2) is 7.19. The van der Waals surface area contributed by atoms with Crippen molar-refractivity contribution in [1.29, 1.82) is 0 Å². The first kappa shape index (κ1) is 15.5. The van der Waals surface area contributed by atoms with Crippen LogP contribution in [0.5, 0.6) is 0 Å². The minimum absolute atomic E-state index is 0.275. The molecule has 1 heterocycles. The van der Waals surface area contributed by atoms with Gasteiger partial charge in [0.1, 0.15) is 5.82 Å². The molecule has 0 saturated heterocycles. The zero-order valence-electron chi connectivity index (χ0n) is 12.3. The second-order valence-electron chi connectivity index (χ2n) is 4.62. The van der Waals surface area contributed by atoms with Crippen molar-refractivity contribution in [2.45, 2.75) is 19.9 Å². The van der Waals surface area contributed by atoms with E-state index >= 15 is 0 Å². The quantitative estimate of drug-likeness (QED) is 0.753. The molecule has 0 aliphatic carbocycles. The Bertz CT molecular complexity index is 621. The Kier molecular flexibility index (Phi) is 5.30. The number of ether oxygens (including phenoxy) is 2. The number of fused-ring (bicyclic) bond motifs is 1. The van der Waals surface area contributed by atoms with Crippen molar-refractivity contribution >= 4 is 17.0 Å². The summed E-state index contributed by atoms with van der Waals surface area (Å²) in [6.07, 6.45) is 0.742. The van der Waals surface area contributed by atoms with Crippen LogP contribution in [0.1, 0.15) is 23.1 Å². The first-order valence-corrected chi connectivity index (χ1v) is 6.97. The Morgan fingerprint density at radius 1 is 1.33 bits per heavy atom. The number of hydrogen-bond donors (Lipinski definition) is 1. The van der Waals surface area contributed by atoms with E-state index in [0.717, 1.165) is 12.2 Å². The fourth-order valence-electron chi connectivity index (χ4n) is 2.32. The number of aryl methyl sites for hydroxylation is 1. The van der Waals surface area contributed by atoms with Gasteiger partial charge in [-0.15, -0.1) is 0 Å². The summed E-state index contributed by atoms with van der Waals surface area (Å²) >= 11 is 0. The summed E-state index contributed by atoms with van der Waals surface area (Å²) in [6.45, 7) is 4.15. The highest BCUT2D eigenvalue weighted by Crippen LogP contribution is 2.21. The van der Waals surface area contributed by atoms with Crippen LogP contribution < -0.4 is 0 Å². The maximum absolute atomic E-state index is 11.4. The van der Waals surface area contributed by atoms with Crippen molar-refractivity contribution in [1.82, 2.24) is 9.55 Å². The largest absolute Gasteiger partial charge is 0.478 e. The van der Waals surface area contributed by atoms with Crippen molar-refractivity contribution in [3.8, 4) is 0 Å². The van der Waals surface area contributed by atoms with Gasteiger partial charge in [-0.25, -0.2) is 9.78 Å². The van der Waals surface area contributed by atoms with Gasteiger partial charge >= 0.3 is 5.97 Å². The summed E-state index contributed by atoms with van der Waals surface area (Å²) in [4.78, 5) is 15.9. The van der Waals surface area contributed by atoms with Crippen molar-refractivity contribution < 1.29 is 19.4 Å². The predicted octanol–water partition coefficient (Wildman–Crippen LogP) is 1.96. The van der Waals surface area contributed by atoms with E-state index in [9.17, 15) is 9.90 Å². The molecule has 0 unspecified atom stereocenters. The van der Waals surface area contributed by atoms with Gasteiger partial charge in [-0.2, -0.15) is 0 Å². The van der Waals surface area contributed by atoms with Gasteiger partial charge in [0.2, 0.25) is 0 Å². The number of methoxy groups -OCH3 is 1. The lowest BCUT2D eigenvalue weighted by molar-refractivity contribution is 0.0664. The molecular formula is C15H20N2O4. The number of carbonyl (C=O) groups is 1. The Balaban J connectivity index is 2.29.